The highest BCUT2D eigenvalue weighted by Gasteiger charge is 2.49. The van der Waals surface area contributed by atoms with E-state index in [0.717, 1.165) is 57.4 Å². The molecule has 0 bridgehead atoms. The molecule has 3 aliphatic rings. The average molecular weight is 498 g/mol. The maximum absolute atomic E-state index is 13.2. The van der Waals surface area contributed by atoms with E-state index in [0.29, 0.717) is 37.1 Å². The van der Waals surface area contributed by atoms with Gasteiger partial charge in [-0.2, -0.15) is 5.10 Å². The summed E-state index contributed by atoms with van der Waals surface area (Å²) in [7, 11) is 1.86. The predicted molar refractivity (Wildman–Crippen MR) is 133 cm³/mol. The molecule has 3 saturated heterocycles. The molecular weight excluding hydrogens is 458 g/mol. The molecule has 196 valence electrons. The number of carbonyl (C=O) groups excluding carboxylic acids is 2. The molecule has 1 unspecified atom stereocenters. The monoisotopic (exact) mass is 497 g/mol. The molecule has 1 atom stereocenters. The van der Waals surface area contributed by atoms with E-state index in [4.69, 9.17) is 4.42 Å². The SMILES string of the molecule is Cc1cc(C(=O)N2CCC3(CC2)CC(c2nnc(C(C)C)o2)N(CC(=O)N2CCCCC2)C3)nn1C. The van der Waals surface area contributed by atoms with Crippen LogP contribution in [-0.2, 0) is 11.8 Å². The average Bonchev–Trinajstić information content (AvgIpc) is 3.58. The fourth-order valence-corrected chi connectivity index (χ4v) is 5.96. The predicted octanol–water partition coefficient (Wildman–Crippen LogP) is 2.92. The molecule has 1 spiro atoms. The first-order chi connectivity index (χ1) is 17.2. The quantitative estimate of drug-likeness (QED) is 0.626. The maximum Gasteiger partial charge on any atom is 0.274 e. The van der Waals surface area contributed by atoms with Crippen LogP contribution in [0, 0.1) is 12.3 Å². The Morgan fingerprint density at radius 3 is 2.42 bits per heavy atom. The molecule has 0 saturated carbocycles. The first kappa shape index (κ1) is 24.9. The number of nitrogens with zero attached hydrogens (tertiary/aromatic N) is 7. The lowest BCUT2D eigenvalue weighted by Crippen LogP contribution is -2.46. The number of piperidine rings is 2. The second kappa shape index (κ2) is 9.95. The molecule has 0 radical (unpaired) electrons. The Hall–Kier alpha value is -2.75. The third-order valence-electron chi connectivity index (χ3n) is 8.33. The third-order valence-corrected chi connectivity index (χ3v) is 8.33. The zero-order valence-electron chi connectivity index (χ0n) is 22.1. The van der Waals surface area contributed by atoms with Gasteiger partial charge >= 0.3 is 0 Å². The van der Waals surface area contributed by atoms with Gasteiger partial charge in [0, 0.05) is 51.4 Å². The minimum atomic E-state index is -0.0700. The lowest BCUT2D eigenvalue weighted by molar-refractivity contribution is -0.133. The first-order valence-electron chi connectivity index (χ1n) is 13.4. The summed E-state index contributed by atoms with van der Waals surface area (Å²) >= 11 is 0. The van der Waals surface area contributed by atoms with E-state index in [9.17, 15) is 9.59 Å². The van der Waals surface area contributed by atoms with Crippen molar-refractivity contribution in [3.63, 3.8) is 0 Å². The highest BCUT2D eigenvalue weighted by atomic mass is 16.4. The van der Waals surface area contributed by atoms with Crippen LogP contribution in [0.2, 0.25) is 0 Å². The lowest BCUT2D eigenvalue weighted by atomic mass is 9.76. The minimum absolute atomic E-state index is 0.00120. The molecule has 2 aromatic heterocycles. The van der Waals surface area contributed by atoms with Gasteiger partial charge in [-0.1, -0.05) is 13.8 Å². The van der Waals surface area contributed by atoms with E-state index in [1.165, 1.54) is 6.42 Å². The Morgan fingerprint density at radius 2 is 1.81 bits per heavy atom. The number of hydrogen-bond acceptors (Lipinski definition) is 7. The number of aromatic nitrogens is 4. The van der Waals surface area contributed by atoms with Crippen molar-refractivity contribution < 1.29 is 14.0 Å². The number of rotatable bonds is 5. The molecule has 2 aromatic rings. The molecule has 3 fully saturated rings. The maximum atomic E-state index is 13.2. The van der Waals surface area contributed by atoms with Crippen LogP contribution in [0.15, 0.2) is 10.5 Å². The summed E-state index contributed by atoms with van der Waals surface area (Å²) in [5.74, 6) is 1.61. The standard InChI is InChI=1S/C26H39N7O3/c1-18(2)23-27-28-24(36-23)21-15-26(17-33(21)16-22(34)31-10-6-5-7-11-31)8-12-32(13-9-26)25(35)20-14-19(3)30(4)29-20/h14,18,21H,5-13,15-17H2,1-4H3. The van der Waals surface area contributed by atoms with Crippen molar-refractivity contribution in [3.05, 3.63) is 29.2 Å². The van der Waals surface area contributed by atoms with Gasteiger partial charge in [-0.05, 0) is 56.9 Å². The zero-order valence-corrected chi connectivity index (χ0v) is 22.1. The summed E-state index contributed by atoms with van der Waals surface area (Å²) in [5.41, 5.74) is 1.51. The number of hydrogen-bond donors (Lipinski definition) is 0. The van der Waals surface area contributed by atoms with Gasteiger partial charge in [-0.25, -0.2) is 0 Å². The van der Waals surface area contributed by atoms with E-state index < -0.39 is 0 Å². The Balaban J connectivity index is 1.30. The highest BCUT2D eigenvalue weighted by Crippen LogP contribution is 2.49. The van der Waals surface area contributed by atoms with Crippen LogP contribution in [0.1, 0.15) is 92.3 Å². The molecule has 10 heteroatoms. The molecule has 10 nitrogen and oxygen atoms in total. The van der Waals surface area contributed by atoms with Gasteiger partial charge in [0.2, 0.25) is 17.7 Å². The summed E-state index contributed by atoms with van der Waals surface area (Å²) in [6.45, 7) is 10.3. The number of carbonyl (C=O) groups is 2. The second-order valence-corrected chi connectivity index (χ2v) is 11.3. The molecule has 36 heavy (non-hydrogen) atoms. The third kappa shape index (κ3) is 4.92. The van der Waals surface area contributed by atoms with Gasteiger partial charge in [0.25, 0.3) is 5.91 Å². The first-order valence-corrected chi connectivity index (χ1v) is 13.4. The number of aryl methyl sites for hydroxylation is 2. The van der Waals surface area contributed by atoms with Gasteiger partial charge < -0.3 is 14.2 Å². The van der Waals surface area contributed by atoms with E-state index in [1.54, 1.807) is 4.68 Å². The minimum Gasteiger partial charge on any atom is -0.423 e. The second-order valence-electron chi connectivity index (χ2n) is 11.3. The molecule has 5 heterocycles. The van der Waals surface area contributed by atoms with E-state index in [1.807, 2.05) is 43.7 Å². The molecule has 2 amide bonds. The Kier molecular flexibility index (Phi) is 6.89. The number of amides is 2. The van der Waals surface area contributed by atoms with Crippen LogP contribution >= 0.6 is 0 Å². The van der Waals surface area contributed by atoms with Crippen molar-refractivity contribution in [3.8, 4) is 0 Å². The van der Waals surface area contributed by atoms with Crippen molar-refractivity contribution in [1.29, 1.82) is 0 Å². The molecule has 0 N–H and O–H groups in total. The van der Waals surface area contributed by atoms with Gasteiger partial charge in [0.05, 0.1) is 12.6 Å². The summed E-state index contributed by atoms with van der Waals surface area (Å²) in [4.78, 5) is 32.5. The Morgan fingerprint density at radius 1 is 1.08 bits per heavy atom. The summed E-state index contributed by atoms with van der Waals surface area (Å²) in [5, 5.41) is 13.1. The van der Waals surface area contributed by atoms with Crippen molar-refractivity contribution >= 4 is 11.8 Å². The van der Waals surface area contributed by atoms with Gasteiger partial charge in [-0.3, -0.25) is 19.2 Å². The molecule has 0 aliphatic carbocycles. The summed E-state index contributed by atoms with van der Waals surface area (Å²) in [6.07, 6.45) is 6.01. The Labute approximate surface area is 213 Å². The fraction of sp³-hybridized carbons (Fsp3) is 0.731. The smallest absolute Gasteiger partial charge is 0.274 e. The van der Waals surface area contributed by atoms with Gasteiger partial charge in [-0.15, -0.1) is 10.2 Å². The van der Waals surface area contributed by atoms with E-state index >= 15 is 0 Å². The van der Waals surface area contributed by atoms with Crippen LogP contribution in [0.5, 0.6) is 0 Å². The normalized spacial score (nSPS) is 22.6. The van der Waals surface area contributed by atoms with Crippen LogP contribution in [0.3, 0.4) is 0 Å². The number of likely N-dealkylation sites (tertiary alicyclic amines) is 3. The van der Waals surface area contributed by atoms with Crippen molar-refractivity contribution in [2.24, 2.45) is 12.5 Å². The summed E-state index contributed by atoms with van der Waals surface area (Å²) in [6, 6.07) is 1.79. The van der Waals surface area contributed by atoms with E-state index in [-0.39, 0.29) is 29.2 Å². The molecule has 5 rings (SSSR count). The molecule has 3 aliphatic heterocycles. The van der Waals surface area contributed by atoms with Crippen LogP contribution in [-0.4, -0.2) is 85.8 Å². The topological polar surface area (TPSA) is 101 Å². The lowest BCUT2D eigenvalue weighted by Gasteiger charge is -2.39. The molecular formula is C26H39N7O3. The van der Waals surface area contributed by atoms with Gasteiger partial charge in [0.15, 0.2) is 5.69 Å². The van der Waals surface area contributed by atoms with Crippen LogP contribution in [0.25, 0.3) is 0 Å². The van der Waals surface area contributed by atoms with Crippen molar-refractivity contribution in [2.75, 3.05) is 39.3 Å². The van der Waals surface area contributed by atoms with Crippen molar-refractivity contribution in [2.45, 2.75) is 71.3 Å². The van der Waals surface area contributed by atoms with Crippen LogP contribution in [0.4, 0.5) is 0 Å². The van der Waals surface area contributed by atoms with Crippen LogP contribution < -0.4 is 0 Å². The highest BCUT2D eigenvalue weighted by molar-refractivity contribution is 5.92. The van der Waals surface area contributed by atoms with Crippen molar-refractivity contribution in [1.82, 2.24) is 34.7 Å². The largest absolute Gasteiger partial charge is 0.423 e. The fourth-order valence-electron chi connectivity index (χ4n) is 5.96. The van der Waals surface area contributed by atoms with E-state index in [2.05, 4.69) is 20.2 Å². The zero-order chi connectivity index (χ0) is 25.4. The summed E-state index contributed by atoms with van der Waals surface area (Å²) < 4.78 is 7.83. The van der Waals surface area contributed by atoms with Gasteiger partial charge in [0.1, 0.15) is 0 Å². The molecule has 0 aromatic carbocycles. The Bertz CT molecular complexity index is 1070.